The van der Waals surface area contributed by atoms with Crippen molar-refractivity contribution in [3.05, 3.63) is 41.2 Å². The highest BCUT2D eigenvalue weighted by molar-refractivity contribution is 7.90. The molecule has 0 atom stereocenters. The number of aromatic nitrogens is 2. The van der Waals surface area contributed by atoms with Crippen molar-refractivity contribution in [1.82, 2.24) is 9.78 Å². The molecule has 7 heteroatoms. The number of hydrogen-bond acceptors (Lipinski definition) is 3. The topological polar surface area (TPSA) is 52.0 Å². The molecule has 0 spiro atoms. The van der Waals surface area contributed by atoms with Crippen molar-refractivity contribution in [2.24, 2.45) is 0 Å². The molecule has 1 aromatic heterocycles. The highest BCUT2D eigenvalue weighted by Crippen LogP contribution is 2.26. The maximum atomic E-state index is 11.4. The molecule has 0 saturated carbocycles. The Morgan fingerprint density at radius 3 is 2.67 bits per heavy atom. The lowest BCUT2D eigenvalue weighted by Gasteiger charge is -2.08. The zero-order valence-electron chi connectivity index (χ0n) is 9.47. The summed E-state index contributed by atoms with van der Waals surface area (Å²) in [5.41, 5.74) is 1.39. The minimum Gasteiger partial charge on any atom is -0.238 e. The van der Waals surface area contributed by atoms with Crippen molar-refractivity contribution in [3.8, 4) is 5.69 Å². The van der Waals surface area contributed by atoms with E-state index < -0.39 is 9.84 Å². The molecule has 0 fully saturated rings. The van der Waals surface area contributed by atoms with Crippen LogP contribution in [-0.2, 0) is 15.7 Å². The molecule has 96 valence electrons. The Labute approximate surface area is 115 Å². The van der Waals surface area contributed by atoms with E-state index in [1.807, 2.05) is 6.07 Å². The number of rotatable bonds is 3. The number of sulfone groups is 1. The van der Waals surface area contributed by atoms with Gasteiger partial charge >= 0.3 is 0 Å². The maximum Gasteiger partial charge on any atom is 0.178 e. The summed E-state index contributed by atoms with van der Waals surface area (Å²) in [6.07, 6.45) is 3.84. The number of benzene rings is 1. The third-order valence-electron chi connectivity index (χ3n) is 2.43. The van der Waals surface area contributed by atoms with Crippen molar-refractivity contribution < 1.29 is 8.42 Å². The van der Waals surface area contributed by atoms with E-state index in [1.54, 1.807) is 12.1 Å². The zero-order chi connectivity index (χ0) is 13.3. The molecular formula is C11H10Cl2N2O2S. The summed E-state index contributed by atoms with van der Waals surface area (Å²) in [6.45, 7) is 0. The van der Waals surface area contributed by atoms with Crippen LogP contribution in [-0.4, -0.2) is 24.5 Å². The Bertz CT molecular complexity index is 680. The van der Waals surface area contributed by atoms with Crippen LogP contribution in [0.3, 0.4) is 0 Å². The molecule has 0 amide bonds. The van der Waals surface area contributed by atoms with Crippen LogP contribution in [0.4, 0.5) is 0 Å². The molecule has 4 nitrogen and oxygen atoms in total. The lowest BCUT2D eigenvalue weighted by Crippen LogP contribution is -2.00. The molecule has 0 unspecified atom stereocenters. The summed E-state index contributed by atoms with van der Waals surface area (Å²) >= 11 is 11.9. The van der Waals surface area contributed by atoms with Gasteiger partial charge in [-0.05, 0) is 11.6 Å². The highest BCUT2D eigenvalue weighted by atomic mass is 35.5. The van der Waals surface area contributed by atoms with Gasteiger partial charge < -0.3 is 0 Å². The zero-order valence-corrected chi connectivity index (χ0v) is 11.8. The molecule has 0 bridgehead atoms. The minimum atomic E-state index is -3.28. The third kappa shape index (κ3) is 2.53. The highest BCUT2D eigenvalue weighted by Gasteiger charge is 2.14. The van der Waals surface area contributed by atoms with Gasteiger partial charge in [0.25, 0.3) is 0 Å². The van der Waals surface area contributed by atoms with Crippen LogP contribution in [0.2, 0.25) is 5.02 Å². The molecule has 1 heterocycles. The first-order valence-electron chi connectivity index (χ1n) is 5.02. The summed E-state index contributed by atoms with van der Waals surface area (Å²) in [5.74, 6) is 0.268. The van der Waals surface area contributed by atoms with Crippen LogP contribution in [0.25, 0.3) is 5.69 Å². The van der Waals surface area contributed by atoms with Gasteiger partial charge in [0.1, 0.15) is 4.90 Å². The molecule has 2 aromatic rings. The Morgan fingerprint density at radius 1 is 1.39 bits per heavy atom. The fraction of sp³-hybridized carbons (Fsp3) is 0.182. The molecule has 0 aliphatic heterocycles. The number of halogens is 2. The van der Waals surface area contributed by atoms with Crippen LogP contribution >= 0.6 is 23.2 Å². The number of nitrogens with zero attached hydrogens (tertiary/aromatic N) is 2. The number of alkyl halides is 1. The SMILES string of the molecule is CS(=O)(=O)c1cnn(-c2c(Cl)cccc2CCl)c1. The van der Waals surface area contributed by atoms with Crippen LogP contribution in [0.5, 0.6) is 0 Å². The van der Waals surface area contributed by atoms with Crippen LogP contribution < -0.4 is 0 Å². The van der Waals surface area contributed by atoms with Crippen molar-refractivity contribution in [2.75, 3.05) is 6.26 Å². The predicted octanol–water partition coefficient (Wildman–Crippen LogP) is 2.67. The molecule has 0 aliphatic carbocycles. The second kappa shape index (κ2) is 4.91. The van der Waals surface area contributed by atoms with Gasteiger partial charge in [-0.3, -0.25) is 0 Å². The number of hydrogen-bond donors (Lipinski definition) is 0. The quantitative estimate of drug-likeness (QED) is 0.819. The molecule has 0 N–H and O–H groups in total. The molecule has 1 aromatic carbocycles. The molecular weight excluding hydrogens is 295 g/mol. The Morgan fingerprint density at radius 2 is 2.11 bits per heavy atom. The predicted molar refractivity (Wildman–Crippen MR) is 71.2 cm³/mol. The fourth-order valence-electron chi connectivity index (χ4n) is 1.54. The van der Waals surface area contributed by atoms with Crippen molar-refractivity contribution in [3.63, 3.8) is 0 Å². The lowest BCUT2D eigenvalue weighted by atomic mass is 10.2. The molecule has 0 saturated heterocycles. The van der Waals surface area contributed by atoms with Gasteiger partial charge in [0.15, 0.2) is 9.84 Å². The van der Waals surface area contributed by atoms with Gasteiger partial charge in [0.05, 0.1) is 16.9 Å². The average molecular weight is 305 g/mol. The van der Waals surface area contributed by atoms with Gasteiger partial charge in [-0.1, -0.05) is 23.7 Å². The van der Waals surface area contributed by atoms with Crippen molar-refractivity contribution >= 4 is 33.0 Å². The maximum absolute atomic E-state index is 11.4. The monoisotopic (exact) mass is 304 g/mol. The van der Waals surface area contributed by atoms with Gasteiger partial charge in [0.2, 0.25) is 0 Å². The first kappa shape index (κ1) is 13.4. The summed E-state index contributed by atoms with van der Waals surface area (Å²) in [4.78, 5) is 0.142. The summed E-state index contributed by atoms with van der Waals surface area (Å²) in [6, 6.07) is 5.30. The minimum absolute atomic E-state index is 0.142. The van der Waals surface area contributed by atoms with Gasteiger partial charge in [-0.15, -0.1) is 11.6 Å². The van der Waals surface area contributed by atoms with E-state index in [9.17, 15) is 8.42 Å². The van der Waals surface area contributed by atoms with E-state index >= 15 is 0 Å². The molecule has 0 radical (unpaired) electrons. The van der Waals surface area contributed by atoms with E-state index in [4.69, 9.17) is 23.2 Å². The summed E-state index contributed by atoms with van der Waals surface area (Å²) in [5, 5.41) is 4.49. The molecule has 2 rings (SSSR count). The van der Waals surface area contributed by atoms with E-state index in [0.29, 0.717) is 10.7 Å². The molecule has 0 aliphatic rings. The number of para-hydroxylation sites is 1. The normalized spacial score (nSPS) is 11.7. The van der Waals surface area contributed by atoms with E-state index in [-0.39, 0.29) is 10.8 Å². The first-order chi connectivity index (χ1) is 8.43. The fourth-order valence-corrected chi connectivity index (χ4v) is 2.57. The van der Waals surface area contributed by atoms with E-state index in [0.717, 1.165) is 11.8 Å². The Kier molecular flexibility index (Phi) is 3.66. The Hall–Kier alpha value is -1.04. The standard InChI is InChI=1S/C11H10Cl2N2O2S/c1-18(16,17)9-6-14-15(7-9)11-8(5-12)3-2-4-10(11)13/h2-4,6-7H,5H2,1H3. The Balaban J connectivity index is 2.60. The van der Waals surface area contributed by atoms with Crippen molar-refractivity contribution in [1.29, 1.82) is 0 Å². The largest absolute Gasteiger partial charge is 0.238 e. The first-order valence-corrected chi connectivity index (χ1v) is 7.82. The van der Waals surface area contributed by atoms with Crippen LogP contribution in [0.15, 0.2) is 35.5 Å². The lowest BCUT2D eigenvalue weighted by molar-refractivity contribution is 0.602. The van der Waals surface area contributed by atoms with E-state index in [1.165, 1.54) is 17.1 Å². The van der Waals surface area contributed by atoms with E-state index in [2.05, 4.69) is 5.10 Å². The summed E-state index contributed by atoms with van der Waals surface area (Å²) < 4.78 is 24.2. The van der Waals surface area contributed by atoms with Gasteiger partial charge in [-0.2, -0.15) is 5.10 Å². The molecule has 18 heavy (non-hydrogen) atoms. The third-order valence-corrected chi connectivity index (χ3v) is 4.09. The van der Waals surface area contributed by atoms with Crippen molar-refractivity contribution in [2.45, 2.75) is 10.8 Å². The second-order valence-corrected chi connectivity index (χ2v) is 6.46. The van der Waals surface area contributed by atoms with Gasteiger partial charge in [0, 0.05) is 18.3 Å². The van der Waals surface area contributed by atoms with Crippen LogP contribution in [0, 0.1) is 0 Å². The van der Waals surface area contributed by atoms with Crippen LogP contribution in [0.1, 0.15) is 5.56 Å². The summed E-state index contributed by atoms with van der Waals surface area (Å²) in [7, 11) is -3.28. The average Bonchev–Trinajstić information content (AvgIpc) is 2.77. The van der Waals surface area contributed by atoms with Gasteiger partial charge in [-0.25, -0.2) is 13.1 Å². The second-order valence-electron chi connectivity index (χ2n) is 3.77. The smallest absolute Gasteiger partial charge is 0.178 e.